The quantitative estimate of drug-likeness (QED) is 0.456. The first-order valence-electron chi connectivity index (χ1n) is 4.98. The number of fused-ring (bicyclic) bond motifs is 3. The van der Waals surface area contributed by atoms with Gasteiger partial charge in [-0.25, -0.2) is 4.98 Å². The number of benzene rings is 1. The first-order chi connectivity index (χ1) is 7.88. The molecule has 16 heavy (non-hydrogen) atoms. The minimum atomic E-state index is 0.448. The van der Waals surface area contributed by atoms with Crippen LogP contribution >= 0.6 is 0 Å². The highest BCUT2D eigenvalue weighted by Gasteiger charge is 2.03. The summed E-state index contributed by atoms with van der Waals surface area (Å²) in [6, 6.07) is 11.3. The number of rotatable bonds is 1. The van der Waals surface area contributed by atoms with Gasteiger partial charge in [0, 0.05) is 17.0 Å². The Balaban J connectivity index is 2.52. The summed E-state index contributed by atoms with van der Waals surface area (Å²) in [4.78, 5) is 19.4. The lowest BCUT2D eigenvalue weighted by Crippen LogP contribution is -1.89. The van der Waals surface area contributed by atoms with Gasteiger partial charge < -0.3 is 0 Å². The molecular formula is C13H8N2O. The van der Waals surface area contributed by atoms with E-state index >= 15 is 0 Å². The first-order valence-corrected chi connectivity index (χ1v) is 4.98. The van der Waals surface area contributed by atoms with Crippen LogP contribution in [-0.4, -0.2) is 16.3 Å². The van der Waals surface area contributed by atoms with E-state index in [9.17, 15) is 4.79 Å². The van der Waals surface area contributed by atoms with Gasteiger partial charge in [-0.05, 0) is 18.2 Å². The second kappa shape index (κ2) is 3.38. The Hall–Kier alpha value is -2.29. The number of pyridine rings is 2. The first kappa shape index (κ1) is 8.97. The lowest BCUT2D eigenvalue weighted by Gasteiger charge is -2.02. The summed E-state index contributed by atoms with van der Waals surface area (Å²) < 4.78 is 0. The molecule has 0 aliphatic rings. The number of nitrogens with zero attached hydrogens (tertiary/aromatic N) is 2. The Kier molecular flexibility index (Phi) is 1.90. The number of carbonyl (C=O) groups is 1. The number of hydrogen-bond donors (Lipinski definition) is 0. The van der Waals surface area contributed by atoms with Crippen LogP contribution < -0.4 is 0 Å². The van der Waals surface area contributed by atoms with E-state index in [1.807, 2.05) is 30.3 Å². The molecule has 2 heterocycles. The van der Waals surface area contributed by atoms with Crippen molar-refractivity contribution in [3.63, 3.8) is 0 Å². The molecule has 3 heteroatoms. The van der Waals surface area contributed by atoms with E-state index in [4.69, 9.17) is 0 Å². The number of hydrogen-bond acceptors (Lipinski definition) is 3. The van der Waals surface area contributed by atoms with Gasteiger partial charge in [0.15, 0.2) is 6.29 Å². The molecule has 0 saturated carbocycles. The molecule has 0 aliphatic carbocycles. The molecule has 0 radical (unpaired) electrons. The predicted octanol–water partition coefficient (Wildman–Crippen LogP) is 2.60. The molecule has 0 aliphatic heterocycles. The molecule has 0 bridgehead atoms. The molecule has 0 spiro atoms. The molecule has 1 aromatic carbocycles. The summed E-state index contributed by atoms with van der Waals surface area (Å²) in [5.41, 5.74) is 2.17. The zero-order chi connectivity index (χ0) is 11.0. The van der Waals surface area contributed by atoms with Crippen molar-refractivity contribution in [1.82, 2.24) is 9.97 Å². The van der Waals surface area contributed by atoms with Gasteiger partial charge in [-0.15, -0.1) is 0 Å². The molecular weight excluding hydrogens is 200 g/mol. The van der Waals surface area contributed by atoms with Crippen LogP contribution in [0.4, 0.5) is 0 Å². The van der Waals surface area contributed by atoms with E-state index in [-0.39, 0.29) is 0 Å². The highest BCUT2D eigenvalue weighted by molar-refractivity contribution is 6.03. The number of aldehydes is 1. The average molecular weight is 208 g/mol. The smallest absolute Gasteiger partial charge is 0.168 e. The van der Waals surface area contributed by atoms with E-state index < -0.39 is 0 Å². The minimum absolute atomic E-state index is 0.448. The maximum atomic E-state index is 10.7. The van der Waals surface area contributed by atoms with E-state index in [0.29, 0.717) is 5.69 Å². The van der Waals surface area contributed by atoms with Crippen LogP contribution in [-0.2, 0) is 0 Å². The van der Waals surface area contributed by atoms with Gasteiger partial charge in [0.25, 0.3) is 0 Å². The zero-order valence-electron chi connectivity index (χ0n) is 8.42. The van der Waals surface area contributed by atoms with Gasteiger partial charge in [0.1, 0.15) is 5.69 Å². The van der Waals surface area contributed by atoms with Crippen molar-refractivity contribution in [1.29, 1.82) is 0 Å². The molecule has 0 atom stereocenters. The van der Waals surface area contributed by atoms with E-state index in [1.165, 1.54) is 0 Å². The van der Waals surface area contributed by atoms with Crippen LogP contribution in [0.2, 0.25) is 0 Å². The summed E-state index contributed by atoms with van der Waals surface area (Å²) >= 11 is 0. The van der Waals surface area contributed by atoms with Crippen LogP contribution in [0, 0.1) is 0 Å². The van der Waals surface area contributed by atoms with Crippen LogP contribution in [0.25, 0.3) is 21.8 Å². The molecule has 3 aromatic rings. The van der Waals surface area contributed by atoms with E-state index in [1.54, 1.807) is 12.3 Å². The zero-order valence-corrected chi connectivity index (χ0v) is 8.42. The second-order valence-corrected chi connectivity index (χ2v) is 3.57. The van der Waals surface area contributed by atoms with Gasteiger partial charge in [-0.3, -0.25) is 9.78 Å². The molecule has 3 rings (SSSR count). The van der Waals surface area contributed by atoms with Gasteiger partial charge in [0.2, 0.25) is 0 Å². The summed E-state index contributed by atoms with van der Waals surface area (Å²) in [6.45, 7) is 0. The summed E-state index contributed by atoms with van der Waals surface area (Å²) in [6.07, 6.45) is 2.54. The van der Waals surface area contributed by atoms with E-state index in [2.05, 4.69) is 9.97 Å². The Morgan fingerprint density at radius 3 is 2.81 bits per heavy atom. The third-order valence-corrected chi connectivity index (χ3v) is 2.57. The van der Waals surface area contributed by atoms with Gasteiger partial charge >= 0.3 is 0 Å². The topological polar surface area (TPSA) is 42.9 Å². The Morgan fingerprint density at radius 1 is 1.06 bits per heavy atom. The summed E-state index contributed by atoms with van der Waals surface area (Å²) in [5.74, 6) is 0. The predicted molar refractivity (Wildman–Crippen MR) is 62.4 cm³/mol. The highest BCUT2D eigenvalue weighted by Crippen LogP contribution is 2.21. The van der Waals surface area contributed by atoms with Crippen molar-refractivity contribution in [2.45, 2.75) is 0 Å². The maximum absolute atomic E-state index is 10.7. The van der Waals surface area contributed by atoms with Gasteiger partial charge in [-0.1, -0.05) is 18.2 Å². The minimum Gasteiger partial charge on any atom is -0.296 e. The van der Waals surface area contributed by atoms with Gasteiger partial charge in [0.05, 0.1) is 11.0 Å². The van der Waals surface area contributed by atoms with Crippen molar-refractivity contribution in [3.05, 3.63) is 48.3 Å². The molecule has 0 saturated heterocycles. The average Bonchev–Trinajstić information content (AvgIpc) is 2.38. The van der Waals surface area contributed by atoms with Crippen LogP contribution in [0.1, 0.15) is 10.5 Å². The van der Waals surface area contributed by atoms with Crippen molar-refractivity contribution in [2.24, 2.45) is 0 Å². The fraction of sp³-hybridized carbons (Fsp3) is 0. The Bertz CT molecular complexity index is 692. The van der Waals surface area contributed by atoms with Crippen LogP contribution in [0.5, 0.6) is 0 Å². The molecule has 2 aromatic heterocycles. The largest absolute Gasteiger partial charge is 0.296 e. The van der Waals surface area contributed by atoms with Crippen molar-refractivity contribution in [3.8, 4) is 0 Å². The van der Waals surface area contributed by atoms with Crippen LogP contribution in [0.3, 0.4) is 0 Å². The lowest BCUT2D eigenvalue weighted by atomic mass is 10.1. The third-order valence-electron chi connectivity index (χ3n) is 2.57. The molecule has 0 unspecified atom stereocenters. The SMILES string of the molecule is O=Cc1ccc2cnc3ccccc3c2n1. The van der Waals surface area contributed by atoms with Crippen molar-refractivity contribution < 1.29 is 4.79 Å². The lowest BCUT2D eigenvalue weighted by molar-refractivity contribution is 0.111. The molecule has 0 N–H and O–H groups in total. The van der Waals surface area contributed by atoms with Crippen LogP contribution in [0.15, 0.2) is 42.6 Å². The number of para-hydroxylation sites is 1. The highest BCUT2D eigenvalue weighted by atomic mass is 16.1. The summed E-state index contributed by atoms with van der Waals surface area (Å²) in [7, 11) is 0. The number of carbonyl (C=O) groups excluding carboxylic acids is 1. The fourth-order valence-electron chi connectivity index (χ4n) is 1.80. The number of aromatic nitrogens is 2. The molecule has 3 nitrogen and oxygen atoms in total. The maximum Gasteiger partial charge on any atom is 0.168 e. The molecule has 0 fully saturated rings. The summed E-state index contributed by atoms with van der Waals surface area (Å²) in [5, 5.41) is 1.92. The Labute approximate surface area is 91.8 Å². The molecule has 76 valence electrons. The molecule has 0 amide bonds. The van der Waals surface area contributed by atoms with E-state index in [0.717, 1.165) is 28.1 Å². The standard InChI is InChI=1S/C13H8N2O/c16-8-10-6-5-9-7-14-12-4-2-1-3-11(12)13(9)15-10/h1-8H. The Morgan fingerprint density at radius 2 is 1.94 bits per heavy atom. The van der Waals surface area contributed by atoms with Crippen molar-refractivity contribution in [2.75, 3.05) is 0 Å². The fourth-order valence-corrected chi connectivity index (χ4v) is 1.80. The van der Waals surface area contributed by atoms with Gasteiger partial charge in [-0.2, -0.15) is 0 Å². The third kappa shape index (κ3) is 1.26. The monoisotopic (exact) mass is 208 g/mol. The van der Waals surface area contributed by atoms with Crippen molar-refractivity contribution >= 4 is 28.1 Å². The second-order valence-electron chi connectivity index (χ2n) is 3.57. The normalized spacial score (nSPS) is 10.8.